The second kappa shape index (κ2) is 9.56. The van der Waals surface area contributed by atoms with Gasteiger partial charge in [-0.25, -0.2) is 0 Å². The van der Waals surface area contributed by atoms with Gasteiger partial charge in [0.2, 0.25) is 0 Å². The summed E-state index contributed by atoms with van der Waals surface area (Å²) in [5.74, 6) is -0.937. The molecule has 0 spiro atoms. The molecule has 0 aromatic heterocycles. The van der Waals surface area contributed by atoms with Crippen molar-refractivity contribution in [2.45, 2.75) is 12.8 Å². The monoisotopic (exact) mass is 384 g/mol. The molecule has 142 valence electrons. The van der Waals surface area contributed by atoms with Crippen LogP contribution >= 0.6 is 0 Å². The van der Waals surface area contributed by atoms with Crippen LogP contribution in [0.2, 0.25) is 0 Å². The first-order valence-corrected chi connectivity index (χ1v) is 8.88. The van der Waals surface area contributed by atoms with Gasteiger partial charge < -0.3 is 0 Å². The van der Waals surface area contributed by atoms with Gasteiger partial charge in [-0.05, 0) is 0 Å². The van der Waals surface area contributed by atoms with Crippen molar-refractivity contribution in [2.75, 3.05) is 0 Å². The zero-order valence-corrected chi connectivity index (χ0v) is 17.3. The Morgan fingerprint density at radius 1 is 1.07 bits per heavy atom. The fraction of sp³-hybridized carbons (Fsp3) is 0.111. The van der Waals surface area contributed by atoms with E-state index in [2.05, 4.69) is 21.6 Å². The molecule has 0 aliphatic heterocycles. The topological polar surface area (TPSA) is 101 Å². The van der Waals surface area contributed by atoms with E-state index < -0.39 is 23.0 Å². The molecule has 0 heterocycles. The molecule has 29 heavy (non-hydrogen) atoms. The van der Waals surface area contributed by atoms with Gasteiger partial charge in [0.05, 0.1) is 0 Å². The molecule has 0 saturated carbocycles. The molecular formula is C18H22B6O5. The Balaban J connectivity index is 3.69. The number of hydrogen-bond donors (Lipinski definition) is 5. The van der Waals surface area contributed by atoms with E-state index >= 15 is 0 Å². The van der Waals surface area contributed by atoms with E-state index in [1.54, 1.807) is 15.7 Å². The SMILES string of the molecule is B=C(B)C1=C(/C(B)=C(/O)C(=C)O)C(B)=C(C/C(B)=C(O)\C(O)=C(\O)C#C)C(=B)C1. The first kappa shape index (κ1) is 24.2. The third kappa shape index (κ3) is 5.14. The van der Waals surface area contributed by atoms with Crippen LogP contribution in [0.15, 0.2) is 68.5 Å². The van der Waals surface area contributed by atoms with Gasteiger partial charge >= 0.3 is 176 Å². The van der Waals surface area contributed by atoms with E-state index in [0.29, 0.717) is 22.9 Å². The molecule has 0 unspecified atom stereocenters. The molecule has 0 radical (unpaired) electrons. The van der Waals surface area contributed by atoms with Gasteiger partial charge in [-0.3, -0.25) is 0 Å². The first-order chi connectivity index (χ1) is 13.3. The van der Waals surface area contributed by atoms with E-state index in [1.165, 1.54) is 0 Å². The minimum atomic E-state index is -0.770. The van der Waals surface area contributed by atoms with Crippen LogP contribution < -0.4 is 0 Å². The average Bonchev–Trinajstić information content (AvgIpc) is 2.67. The van der Waals surface area contributed by atoms with Crippen molar-refractivity contribution in [3.05, 3.63) is 68.5 Å². The van der Waals surface area contributed by atoms with Crippen molar-refractivity contribution in [3.8, 4) is 12.3 Å². The maximum absolute atomic E-state index is 10.2. The third-order valence-corrected chi connectivity index (χ3v) is 4.90. The molecule has 0 aromatic carbocycles. The summed E-state index contributed by atoms with van der Waals surface area (Å²) in [6.45, 7) is 3.37. The van der Waals surface area contributed by atoms with Crippen molar-refractivity contribution >= 4 is 57.2 Å². The second-order valence-corrected chi connectivity index (χ2v) is 7.09. The van der Waals surface area contributed by atoms with Crippen LogP contribution in [0.4, 0.5) is 0 Å². The van der Waals surface area contributed by atoms with Crippen LogP contribution in [-0.4, -0.2) is 82.7 Å². The normalized spacial score (nSPS) is 17.1. The quantitative estimate of drug-likeness (QED) is 0.152. The third-order valence-electron chi connectivity index (χ3n) is 4.90. The number of hydrogen-bond acceptors (Lipinski definition) is 5. The molecular weight excluding hydrogens is 361 g/mol. The molecule has 5 nitrogen and oxygen atoms in total. The second-order valence-electron chi connectivity index (χ2n) is 7.09. The van der Waals surface area contributed by atoms with Crippen LogP contribution in [-0.2, 0) is 0 Å². The number of allylic oxidation sites excluding steroid dienone is 7. The van der Waals surface area contributed by atoms with Gasteiger partial charge in [0.15, 0.2) is 0 Å². The number of rotatable bonds is 6. The summed E-state index contributed by atoms with van der Waals surface area (Å²) in [5.41, 5.74) is 4.76. The first-order valence-electron chi connectivity index (χ1n) is 8.88. The maximum atomic E-state index is 10.2. The fourth-order valence-electron chi connectivity index (χ4n) is 3.25. The number of terminal acetylenes is 1. The summed E-state index contributed by atoms with van der Waals surface area (Å²) in [6, 6.07) is 0. The molecule has 0 aromatic rings. The van der Waals surface area contributed by atoms with Crippen LogP contribution in [0.1, 0.15) is 12.8 Å². The number of aliphatic hydroxyl groups excluding tert-OH is 5. The van der Waals surface area contributed by atoms with Crippen LogP contribution in [0.25, 0.3) is 0 Å². The van der Waals surface area contributed by atoms with E-state index in [4.69, 9.17) is 6.42 Å². The van der Waals surface area contributed by atoms with Crippen molar-refractivity contribution in [1.82, 2.24) is 0 Å². The molecule has 0 bridgehead atoms. The van der Waals surface area contributed by atoms with Crippen molar-refractivity contribution in [1.29, 1.82) is 0 Å². The molecule has 1 rings (SSSR count). The Hall–Kier alpha value is -2.87. The predicted molar refractivity (Wildman–Crippen MR) is 134 cm³/mol. The van der Waals surface area contributed by atoms with E-state index in [1.807, 2.05) is 21.6 Å². The Bertz CT molecular complexity index is 1000. The summed E-state index contributed by atoms with van der Waals surface area (Å²) >= 11 is 0. The Labute approximate surface area is 176 Å². The predicted octanol–water partition coefficient (Wildman–Crippen LogP) is -2.46. The van der Waals surface area contributed by atoms with Gasteiger partial charge in [0.1, 0.15) is 0 Å². The summed E-state index contributed by atoms with van der Waals surface area (Å²) in [5, 5.41) is 50.2. The van der Waals surface area contributed by atoms with Crippen LogP contribution in [0.3, 0.4) is 0 Å². The minimum absolute atomic E-state index is 0.222. The van der Waals surface area contributed by atoms with Crippen molar-refractivity contribution < 1.29 is 25.5 Å². The van der Waals surface area contributed by atoms with Crippen molar-refractivity contribution in [3.63, 3.8) is 0 Å². The molecule has 1 aliphatic carbocycles. The summed E-state index contributed by atoms with van der Waals surface area (Å²) in [7, 11) is 15.1. The average molecular weight is 383 g/mol. The molecule has 5 N–H and O–H groups in total. The molecule has 0 amide bonds. The van der Waals surface area contributed by atoms with E-state index in [0.717, 1.165) is 27.4 Å². The Morgan fingerprint density at radius 3 is 2.07 bits per heavy atom. The van der Waals surface area contributed by atoms with E-state index in [-0.39, 0.29) is 12.2 Å². The summed E-state index contributed by atoms with van der Waals surface area (Å²) in [4.78, 5) is 0. The molecule has 0 fully saturated rings. The van der Waals surface area contributed by atoms with Gasteiger partial charge in [-0.15, -0.1) is 0 Å². The van der Waals surface area contributed by atoms with Crippen LogP contribution in [0.5, 0.6) is 0 Å². The van der Waals surface area contributed by atoms with Gasteiger partial charge in [0, 0.05) is 0 Å². The van der Waals surface area contributed by atoms with E-state index in [9.17, 15) is 25.5 Å². The Morgan fingerprint density at radius 2 is 1.62 bits per heavy atom. The molecule has 11 heteroatoms. The summed E-state index contributed by atoms with van der Waals surface area (Å²) < 4.78 is 0. The standard InChI is InChI=1S/C18H22B6O5/c1-3-11(26)17(29)16(28)10(20)4-7-9(19)5-8(18(23)24)12(13(7)21)14(22)15(27)6(2)25/h1,19,23,25-29H,2,4-5,20-22,24H2/b15-14-,16-10-,17-11-. The van der Waals surface area contributed by atoms with Crippen LogP contribution in [0, 0.1) is 12.3 Å². The Kier molecular flexibility index (Phi) is 7.96. The number of aliphatic hydroxyl groups is 5. The van der Waals surface area contributed by atoms with Gasteiger partial charge in [-0.1, -0.05) is 0 Å². The van der Waals surface area contributed by atoms with Gasteiger partial charge in [-0.2, -0.15) is 0 Å². The molecule has 0 saturated heterocycles. The molecule has 0 atom stereocenters. The van der Waals surface area contributed by atoms with Crippen molar-refractivity contribution in [2.24, 2.45) is 0 Å². The molecule has 1 aliphatic rings. The zero-order chi connectivity index (χ0) is 22.6. The zero-order valence-electron chi connectivity index (χ0n) is 17.3. The van der Waals surface area contributed by atoms with Gasteiger partial charge in [0.25, 0.3) is 0 Å². The fourth-order valence-corrected chi connectivity index (χ4v) is 3.25. The summed E-state index contributed by atoms with van der Waals surface area (Å²) in [6.07, 6.45) is 5.73.